The van der Waals surface area contributed by atoms with Crippen LogP contribution in [-0.4, -0.2) is 59.0 Å². The third-order valence-corrected chi connectivity index (χ3v) is 6.13. The van der Waals surface area contributed by atoms with Gasteiger partial charge in [-0.25, -0.2) is 9.18 Å². The summed E-state index contributed by atoms with van der Waals surface area (Å²) in [5.41, 5.74) is 2.28. The third-order valence-electron chi connectivity index (χ3n) is 6.13. The lowest BCUT2D eigenvalue weighted by Crippen LogP contribution is -2.56. The molecule has 0 radical (unpaired) electrons. The number of alkyl carbamates (subject to hydrolysis) is 1. The van der Waals surface area contributed by atoms with Crippen molar-refractivity contribution in [3.8, 4) is 0 Å². The second kappa shape index (κ2) is 9.72. The molecule has 34 heavy (non-hydrogen) atoms. The number of aliphatic hydroxyl groups is 1. The average Bonchev–Trinajstić information content (AvgIpc) is 2.78. The van der Waals surface area contributed by atoms with Gasteiger partial charge in [-0.1, -0.05) is 36.4 Å². The number of nitrogens with one attached hydrogen (secondary N) is 1. The Morgan fingerprint density at radius 3 is 2.53 bits per heavy atom. The average molecular weight is 471 g/mol. The van der Waals surface area contributed by atoms with Crippen molar-refractivity contribution in [1.82, 2.24) is 10.2 Å². The minimum atomic E-state index is -0.962. The topological polar surface area (TPSA) is 88.1 Å². The Bertz CT molecular complexity index is 1040. The first-order valence-corrected chi connectivity index (χ1v) is 11.6. The predicted octanol–water partition coefficient (Wildman–Crippen LogP) is 3.34. The van der Waals surface area contributed by atoms with Gasteiger partial charge >= 0.3 is 6.09 Å². The molecule has 0 bridgehead atoms. The van der Waals surface area contributed by atoms with Crippen LogP contribution in [0, 0.1) is 5.82 Å². The number of carbonyl (C=O) groups is 2. The molecule has 2 heterocycles. The minimum absolute atomic E-state index is 0.0115. The molecular weight excluding hydrogens is 439 g/mol. The molecule has 0 unspecified atom stereocenters. The fraction of sp³-hybridized carbons (Fsp3) is 0.462. The molecular formula is C26H31FN2O5. The lowest BCUT2D eigenvalue weighted by molar-refractivity contribution is -0.155. The molecule has 0 saturated carbocycles. The number of hydrogen-bond acceptors (Lipinski definition) is 5. The van der Waals surface area contributed by atoms with Crippen LogP contribution >= 0.6 is 0 Å². The summed E-state index contributed by atoms with van der Waals surface area (Å²) in [6.45, 7) is 5.73. The van der Waals surface area contributed by atoms with Gasteiger partial charge in [0.1, 0.15) is 17.5 Å². The molecule has 4 rings (SSSR count). The SMILES string of the molecule is CC(C)(C)OC(=O)N[C@H]1CO[C@H](C(=O)N2CCc3ccccc3[C@@H]2c2ccc(F)cc2)C[C@H]1O. The van der Waals surface area contributed by atoms with Crippen molar-refractivity contribution >= 4 is 12.0 Å². The first kappa shape index (κ1) is 24.2. The molecule has 0 aromatic heterocycles. The quantitative estimate of drug-likeness (QED) is 0.719. The number of ether oxygens (including phenoxy) is 2. The molecule has 0 spiro atoms. The lowest BCUT2D eigenvalue weighted by atomic mass is 9.87. The van der Waals surface area contributed by atoms with E-state index in [4.69, 9.17) is 9.47 Å². The van der Waals surface area contributed by atoms with Crippen LogP contribution in [0.15, 0.2) is 48.5 Å². The number of rotatable bonds is 3. The molecule has 8 heteroatoms. The standard InChI is InChI=1S/C26H31FN2O5/c1-26(2,3)34-25(32)28-20-15-33-22(14-21(20)30)24(31)29-13-12-16-6-4-5-7-19(16)23(29)17-8-10-18(27)11-9-17/h4-11,20-23,30H,12-15H2,1-3H3,(H,28,32)/t20-,21+,22-,23-/m0/s1. The largest absolute Gasteiger partial charge is 0.444 e. The zero-order chi connectivity index (χ0) is 24.5. The summed E-state index contributed by atoms with van der Waals surface area (Å²) >= 11 is 0. The Morgan fingerprint density at radius 2 is 1.85 bits per heavy atom. The van der Waals surface area contributed by atoms with E-state index < -0.39 is 29.9 Å². The van der Waals surface area contributed by atoms with Crippen molar-refractivity contribution in [3.63, 3.8) is 0 Å². The number of fused-ring (bicyclic) bond motifs is 1. The zero-order valence-corrected chi connectivity index (χ0v) is 19.7. The van der Waals surface area contributed by atoms with Gasteiger partial charge in [-0.05, 0) is 56.0 Å². The smallest absolute Gasteiger partial charge is 0.408 e. The highest BCUT2D eigenvalue weighted by Crippen LogP contribution is 2.36. The summed E-state index contributed by atoms with van der Waals surface area (Å²) < 4.78 is 24.7. The normalized spacial score (nSPS) is 24.8. The minimum Gasteiger partial charge on any atom is -0.444 e. The van der Waals surface area contributed by atoms with E-state index >= 15 is 0 Å². The summed E-state index contributed by atoms with van der Waals surface area (Å²) in [7, 11) is 0. The van der Waals surface area contributed by atoms with Crippen LogP contribution in [-0.2, 0) is 20.7 Å². The van der Waals surface area contributed by atoms with Gasteiger partial charge in [0.05, 0.1) is 24.8 Å². The van der Waals surface area contributed by atoms with Crippen molar-refractivity contribution in [3.05, 3.63) is 71.0 Å². The number of amides is 2. The van der Waals surface area contributed by atoms with Gasteiger partial charge < -0.3 is 24.8 Å². The molecule has 7 nitrogen and oxygen atoms in total. The van der Waals surface area contributed by atoms with Crippen LogP contribution in [0.3, 0.4) is 0 Å². The Balaban J connectivity index is 1.50. The summed E-state index contributed by atoms with van der Waals surface area (Å²) in [6, 6.07) is 13.0. The first-order chi connectivity index (χ1) is 16.1. The van der Waals surface area contributed by atoms with Crippen LogP contribution in [0.5, 0.6) is 0 Å². The van der Waals surface area contributed by atoms with Crippen LogP contribution in [0.1, 0.15) is 49.9 Å². The van der Waals surface area contributed by atoms with E-state index in [0.29, 0.717) is 13.0 Å². The monoisotopic (exact) mass is 470 g/mol. The Labute approximate surface area is 198 Å². The maximum Gasteiger partial charge on any atom is 0.408 e. The Kier molecular flexibility index (Phi) is 6.91. The lowest BCUT2D eigenvalue weighted by Gasteiger charge is -2.41. The van der Waals surface area contributed by atoms with Gasteiger partial charge in [0.2, 0.25) is 0 Å². The predicted molar refractivity (Wildman–Crippen MR) is 124 cm³/mol. The zero-order valence-electron chi connectivity index (χ0n) is 19.7. The maximum atomic E-state index is 13.6. The van der Waals surface area contributed by atoms with Gasteiger partial charge in [-0.3, -0.25) is 4.79 Å². The molecule has 2 aromatic carbocycles. The van der Waals surface area contributed by atoms with Crippen LogP contribution in [0.2, 0.25) is 0 Å². The van der Waals surface area contributed by atoms with E-state index in [-0.39, 0.29) is 30.8 Å². The number of aliphatic hydroxyl groups excluding tert-OH is 1. The van der Waals surface area contributed by atoms with Gasteiger partial charge in [0.15, 0.2) is 0 Å². The second-order valence-electron chi connectivity index (χ2n) is 9.81. The Hall–Kier alpha value is -2.97. The molecule has 1 fully saturated rings. The summed E-state index contributed by atoms with van der Waals surface area (Å²) in [5, 5.41) is 13.3. The maximum absolute atomic E-state index is 13.6. The van der Waals surface area contributed by atoms with Crippen molar-refractivity contribution < 1.29 is 28.6 Å². The van der Waals surface area contributed by atoms with E-state index in [1.807, 2.05) is 24.3 Å². The fourth-order valence-electron chi connectivity index (χ4n) is 4.54. The van der Waals surface area contributed by atoms with E-state index in [1.54, 1.807) is 37.8 Å². The van der Waals surface area contributed by atoms with Gasteiger partial charge in [0, 0.05) is 13.0 Å². The second-order valence-corrected chi connectivity index (χ2v) is 9.81. The van der Waals surface area contributed by atoms with Gasteiger partial charge in [-0.2, -0.15) is 0 Å². The van der Waals surface area contributed by atoms with Crippen LogP contribution in [0.25, 0.3) is 0 Å². The van der Waals surface area contributed by atoms with E-state index in [9.17, 15) is 19.1 Å². The van der Waals surface area contributed by atoms with Crippen LogP contribution in [0.4, 0.5) is 9.18 Å². The van der Waals surface area contributed by atoms with Gasteiger partial charge in [-0.15, -0.1) is 0 Å². The fourth-order valence-corrected chi connectivity index (χ4v) is 4.54. The number of carbonyl (C=O) groups excluding carboxylic acids is 2. The number of nitrogens with zero attached hydrogens (tertiary/aromatic N) is 1. The highest BCUT2D eigenvalue weighted by Gasteiger charge is 2.40. The number of benzene rings is 2. The van der Waals surface area contributed by atoms with E-state index in [2.05, 4.69) is 5.32 Å². The highest BCUT2D eigenvalue weighted by atomic mass is 19.1. The molecule has 182 valence electrons. The number of halogens is 1. The summed E-state index contributed by atoms with van der Waals surface area (Å²) in [6.07, 6.45) is -1.71. The highest BCUT2D eigenvalue weighted by molar-refractivity contribution is 5.82. The summed E-state index contributed by atoms with van der Waals surface area (Å²) in [5.74, 6) is -0.577. The molecule has 2 aromatic rings. The summed E-state index contributed by atoms with van der Waals surface area (Å²) in [4.78, 5) is 27.4. The van der Waals surface area contributed by atoms with Gasteiger partial charge in [0.25, 0.3) is 5.91 Å². The molecule has 2 amide bonds. The van der Waals surface area contributed by atoms with E-state index in [0.717, 1.165) is 16.7 Å². The first-order valence-electron chi connectivity index (χ1n) is 11.6. The molecule has 2 N–H and O–H groups in total. The number of hydrogen-bond donors (Lipinski definition) is 2. The van der Waals surface area contributed by atoms with Crippen molar-refractivity contribution in [2.24, 2.45) is 0 Å². The third kappa shape index (κ3) is 5.39. The molecule has 4 atom stereocenters. The van der Waals surface area contributed by atoms with Crippen LogP contribution < -0.4 is 5.32 Å². The van der Waals surface area contributed by atoms with Crippen molar-refractivity contribution in [2.45, 2.75) is 63.5 Å². The Morgan fingerprint density at radius 1 is 1.15 bits per heavy atom. The van der Waals surface area contributed by atoms with E-state index in [1.165, 1.54) is 12.1 Å². The molecule has 2 aliphatic rings. The molecule has 0 aliphatic carbocycles. The molecule has 2 aliphatic heterocycles. The molecule has 1 saturated heterocycles. The van der Waals surface area contributed by atoms with Crippen molar-refractivity contribution in [1.29, 1.82) is 0 Å². The van der Waals surface area contributed by atoms with Crippen molar-refractivity contribution in [2.75, 3.05) is 13.2 Å².